The minimum atomic E-state index is -1.09. The van der Waals surface area contributed by atoms with E-state index in [-0.39, 0.29) is 11.4 Å². The van der Waals surface area contributed by atoms with Crippen LogP contribution in [0.15, 0.2) is 53.4 Å². The van der Waals surface area contributed by atoms with Crippen LogP contribution in [0.3, 0.4) is 0 Å². The number of carbonyl (C=O) groups is 1. The lowest BCUT2D eigenvalue weighted by molar-refractivity contribution is -0.0629. The number of rotatable bonds is 0. The van der Waals surface area contributed by atoms with Gasteiger partial charge in [0, 0.05) is 0 Å². The molecular weight excluding hydrogens is 440 g/mol. The summed E-state index contributed by atoms with van der Waals surface area (Å²) in [6.45, 7) is 0. The lowest BCUT2D eigenvalue weighted by Crippen LogP contribution is -2.63. The zero-order valence-corrected chi connectivity index (χ0v) is 19.4. The van der Waals surface area contributed by atoms with Crippen molar-refractivity contribution in [3.05, 3.63) is 64.6 Å². The summed E-state index contributed by atoms with van der Waals surface area (Å²) in [4.78, 5) is 14.2. The topological polar surface area (TPSA) is 44.8 Å². The Morgan fingerprint density at radius 2 is 1.34 bits per heavy atom. The van der Waals surface area contributed by atoms with Crippen molar-refractivity contribution in [3.63, 3.8) is 0 Å². The van der Waals surface area contributed by atoms with Crippen LogP contribution >= 0.6 is 21.6 Å². The fourth-order valence-electron chi connectivity index (χ4n) is 6.12. The van der Waals surface area contributed by atoms with Gasteiger partial charge in [0.05, 0.1) is 16.0 Å². The van der Waals surface area contributed by atoms with Gasteiger partial charge in [0.1, 0.15) is 22.9 Å². The molecule has 0 bridgehead atoms. The molecule has 0 amide bonds. The Balaban J connectivity index is 1.43. The lowest BCUT2D eigenvalue weighted by Gasteiger charge is -2.52. The molecule has 3 spiro atoms. The number of para-hydroxylation sites is 2. The Hall–Kier alpha value is -2.05. The highest BCUT2D eigenvalue weighted by Gasteiger charge is 2.68. The second-order valence-corrected chi connectivity index (χ2v) is 11.8. The number of ether oxygens (including phenoxy) is 3. The van der Waals surface area contributed by atoms with Gasteiger partial charge in [-0.05, 0) is 97.2 Å². The summed E-state index contributed by atoms with van der Waals surface area (Å²) in [6.07, 6.45) is 8.01. The summed E-state index contributed by atoms with van der Waals surface area (Å²) in [5.74, 6) is 2.43. The summed E-state index contributed by atoms with van der Waals surface area (Å²) in [5, 5.41) is 0. The van der Waals surface area contributed by atoms with Gasteiger partial charge in [0.2, 0.25) is 5.78 Å². The van der Waals surface area contributed by atoms with E-state index in [1.165, 1.54) is 0 Å². The van der Waals surface area contributed by atoms with Gasteiger partial charge in [-0.25, -0.2) is 0 Å². The van der Waals surface area contributed by atoms with E-state index in [4.69, 9.17) is 14.2 Å². The lowest BCUT2D eigenvalue weighted by atomic mass is 9.84. The van der Waals surface area contributed by atoms with Crippen LogP contribution in [0, 0.1) is 0 Å². The Kier molecular flexibility index (Phi) is 4.09. The maximum absolute atomic E-state index is 14.2. The fourth-order valence-corrected chi connectivity index (χ4v) is 9.71. The predicted molar refractivity (Wildman–Crippen MR) is 127 cm³/mol. The number of benzene rings is 2. The molecule has 0 saturated heterocycles. The van der Waals surface area contributed by atoms with Gasteiger partial charge < -0.3 is 14.2 Å². The van der Waals surface area contributed by atoms with Gasteiger partial charge in [-0.1, -0.05) is 24.3 Å². The normalized spacial score (nSPS) is 28.7. The fraction of sp³-hybridized carbons (Fsp3) is 0.423. The Morgan fingerprint density at radius 3 is 2.09 bits per heavy atom. The van der Waals surface area contributed by atoms with E-state index in [1.807, 2.05) is 42.5 Å². The van der Waals surface area contributed by atoms with Gasteiger partial charge in [-0.3, -0.25) is 4.79 Å². The Bertz CT molecular complexity index is 1160. The molecule has 6 heteroatoms. The van der Waals surface area contributed by atoms with E-state index in [2.05, 4.69) is 6.07 Å². The smallest absolute Gasteiger partial charge is 0.266 e. The van der Waals surface area contributed by atoms with E-state index in [9.17, 15) is 4.79 Å². The van der Waals surface area contributed by atoms with Crippen molar-refractivity contribution in [2.75, 3.05) is 0 Å². The van der Waals surface area contributed by atoms with Crippen LogP contribution in [0.5, 0.6) is 11.5 Å². The van der Waals surface area contributed by atoms with E-state index in [0.717, 1.165) is 73.3 Å². The van der Waals surface area contributed by atoms with E-state index in [0.29, 0.717) is 11.3 Å². The molecule has 3 heterocycles. The van der Waals surface area contributed by atoms with Crippen LogP contribution in [0.25, 0.3) is 5.76 Å². The van der Waals surface area contributed by atoms with Crippen molar-refractivity contribution in [2.24, 2.45) is 0 Å². The molecule has 7 rings (SSSR count). The molecule has 2 aromatic rings. The molecule has 2 saturated carbocycles. The maximum atomic E-state index is 14.2. The van der Waals surface area contributed by atoms with Crippen molar-refractivity contribution in [1.29, 1.82) is 0 Å². The number of Topliss-reactive ketones (excluding diaryl/α,β-unsaturated/α-hetero) is 1. The summed E-state index contributed by atoms with van der Waals surface area (Å²) < 4.78 is 20.3. The van der Waals surface area contributed by atoms with E-state index in [1.54, 1.807) is 21.6 Å². The standard InChI is InChI=1S/C26H24O4S2/c27-22-18-10-2-4-12-20(18)29-25(15-7-8-16-25)26(22)30-21-17-9-1-3-11-19(17)28-24(13-5-6-14-24)23(21)31-32-26/h1-4,9-12H,5-8,13-16H2/t26-/m0/s1. The van der Waals surface area contributed by atoms with Crippen molar-refractivity contribution in [2.45, 2.75) is 67.5 Å². The van der Waals surface area contributed by atoms with Crippen LogP contribution in [0.4, 0.5) is 0 Å². The Morgan fingerprint density at radius 1 is 0.719 bits per heavy atom. The zero-order chi connectivity index (χ0) is 21.4. The number of fused-ring (bicyclic) bond motifs is 5. The summed E-state index contributed by atoms with van der Waals surface area (Å²) in [7, 11) is 3.25. The molecule has 1 atom stereocenters. The largest absolute Gasteiger partial charge is 0.481 e. The molecule has 0 unspecified atom stereocenters. The number of hydrogen-bond donors (Lipinski definition) is 0. The average molecular weight is 465 g/mol. The third kappa shape index (κ3) is 2.40. The van der Waals surface area contributed by atoms with E-state index >= 15 is 0 Å². The van der Waals surface area contributed by atoms with Crippen LogP contribution in [-0.4, -0.2) is 21.9 Å². The SMILES string of the molecule is O=C1c2ccccc2OC2(CCCC2)[C@]12OC1=C(SS2)C2(CCCC2)Oc2ccccc21. The number of ketones is 1. The van der Waals surface area contributed by atoms with Gasteiger partial charge in [-0.15, -0.1) is 0 Å². The van der Waals surface area contributed by atoms with Crippen LogP contribution in [0.2, 0.25) is 0 Å². The first-order valence-electron chi connectivity index (χ1n) is 11.6. The second kappa shape index (κ2) is 6.73. The molecule has 32 heavy (non-hydrogen) atoms. The van der Waals surface area contributed by atoms with Crippen molar-refractivity contribution < 1.29 is 19.0 Å². The molecule has 2 aliphatic carbocycles. The molecule has 0 N–H and O–H groups in total. The zero-order valence-electron chi connectivity index (χ0n) is 17.7. The molecule has 2 fully saturated rings. The van der Waals surface area contributed by atoms with E-state index < -0.39 is 10.5 Å². The molecular formula is C26H24O4S2. The summed E-state index contributed by atoms with van der Waals surface area (Å²) in [6, 6.07) is 15.7. The Labute approximate surface area is 195 Å². The first-order chi connectivity index (χ1) is 15.7. The minimum Gasteiger partial charge on any atom is -0.481 e. The van der Waals surface area contributed by atoms with Crippen LogP contribution in [0.1, 0.15) is 67.3 Å². The monoisotopic (exact) mass is 464 g/mol. The molecule has 5 aliphatic rings. The number of hydrogen-bond acceptors (Lipinski definition) is 6. The van der Waals surface area contributed by atoms with Crippen molar-refractivity contribution in [1.82, 2.24) is 0 Å². The molecule has 0 radical (unpaired) electrons. The van der Waals surface area contributed by atoms with Crippen molar-refractivity contribution in [3.8, 4) is 11.5 Å². The molecule has 0 aromatic heterocycles. The number of carbonyl (C=O) groups excluding carboxylic acids is 1. The minimum absolute atomic E-state index is 0.0368. The van der Waals surface area contributed by atoms with Gasteiger partial charge in [0.25, 0.3) is 4.93 Å². The third-order valence-electron chi connectivity index (χ3n) is 7.70. The van der Waals surface area contributed by atoms with Gasteiger partial charge >= 0.3 is 0 Å². The second-order valence-electron chi connectivity index (χ2n) is 9.47. The maximum Gasteiger partial charge on any atom is 0.266 e. The van der Waals surface area contributed by atoms with Gasteiger partial charge in [0.15, 0.2) is 5.60 Å². The molecule has 164 valence electrons. The third-order valence-corrected chi connectivity index (χ3v) is 10.8. The highest BCUT2D eigenvalue weighted by Crippen LogP contribution is 2.67. The average Bonchev–Trinajstić information content (AvgIpc) is 3.49. The first kappa shape index (κ1) is 19.4. The quantitative estimate of drug-likeness (QED) is 0.402. The highest BCUT2D eigenvalue weighted by atomic mass is 33.1. The highest BCUT2D eigenvalue weighted by molar-refractivity contribution is 8.79. The molecule has 2 aromatic carbocycles. The van der Waals surface area contributed by atoms with Crippen LogP contribution < -0.4 is 9.47 Å². The summed E-state index contributed by atoms with van der Waals surface area (Å²) in [5.41, 5.74) is 0.595. The molecule has 4 nitrogen and oxygen atoms in total. The molecule has 3 aliphatic heterocycles. The van der Waals surface area contributed by atoms with Gasteiger partial charge in [-0.2, -0.15) is 0 Å². The van der Waals surface area contributed by atoms with Crippen LogP contribution in [-0.2, 0) is 4.74 Å². The first-order valence-corrected chi connectivity index (χ1v) is 13.7. The predicted octanol–water partition coefficient (Wildman–Crippen LogP) is 6.76. The van der Waals surface area contributed by atoms with Crippen molar-refractivity contribution >= 4 is 33.1 Å². The summed E-state index contributed by atoms with van der Waals surface area (Å²) >= 11 is 0.